The molecule has 0 bridgehead atoms. The van der Waals surface area contributed by atoms with Crippen molar-refractivity contribution in [3.05, 3.63) is 48.5 Å². The summed E-state index contributed by atoms with van der Waals surface area (Å²) in [6.45, 7) is 9.31. The molecule has 2 heterocycles. The van der Waals surface area contributed by atoms with Gasteiger partial charge in [-0.1, -0.05) is 24.6 Å². The summed E-state index contributed by atoms with van der Waals surface area (Å²) >= 11 is 0. The molecule has 1 atom stereocenters. The SMILES string of the molecule is CCNC(=NCc1ccccc1-n1ccnc1)NCCCN1CCCCC1C.I. The predicted molar refractivity (Wildman–Crippen MR) is 131 cm³/mol. The summed E-state index contributed by atoms with van der Waals surface area (Å²) in [6, 6.07) is 9.07. The molecule has 6 nitrogen and oxygen atoms in total. The van der Waals surface area contributed by atoms with Crippen molar-refractivity contribution >= 4 is 29.9 Å². The zero-order chi connectivity index (χ0) is 19.6. The largest absolute Gasteiger partial charge is 0.357 e. The number of likely N-dealkylation sites (tertiary alicyclic amines) is 1. The van der Waals surface area contributed by atoms with Crippen molar-refractivity contribution < 1.29 is 0 Å². The number of aliphatic imine (C=N–C) groups is 1. The van der Waals surface area contributed by atoms with Gasteiger partial charge in [-0.05, 0) is 51.3 Å². The third-order valence-electron chi connectivity index (χ3n) is 5.38. The van der Waals surface area contributed by atoms with E-state index in [2.05, 4.69) is 52.6 Å². The van der Waals surface area contributed by atoms with Gasteiger partial charge in [-0.15, -0.1) is 24.0 Å². The van der Waals surface area contributed by atoms with Crippen LogP contribution < -0.4 is 10.6 Å². The molecule has 0 aliphatic carbocycles. The number of guanidine groups is 1. The monoisotopic (exact) mass is 510 g/mol. The smallest absolute Gasteiger partial charge is 0.191 e. The molecule has 1 fully saturated rings. The first kappa shape index (κ1) is 23.7. The molecule has 1 aromatic heterocycles. The normalized spacial score (nSPS) is 17.6. The average molecular weight is 510 g/mol. The number of piperidine rings is 1. The Morgan fingerprint density at radius 3 is 2.86 bits per heavy atom. The molecular formula is C22H35IN6. The van der Waals surface area contributed by atoms with Crippen LogP contribution in [0.25, 0.3) is 5.69 Å². The van der Waals surface area contributed by atoms with Crippen LogP contribution in [-0.4, -0.2) is 52.6 Å². The lowest BCUT2D eigenvalue weighted by Crippen LogP contribution is -2.41. The summed E-state index contributed by atoms with van der Waals surface area (Å²) in [4.78, 5) is 11.6. The molecule has 1 saturated heterocycles. The van der Waals surface area contributed by atoms with E-state index in [-0.39, 0.29) is 24.0 Å². The molecule has 29 heavy (non-hydrogen) atoms. The highest BCUT2D eigenvalue weighted by Gasteiger charge is 2.17. The molecule has 0 radical (unpaired) electrons. The summed E-state index contributed by atoms with van der Waals surface area (Å²) < 4.78 is 2.03. The minimum Gasteiger partial charge on any atom is -0.357 e. The van der Waals surface area contributed by atoms with Crippen molar-refractivity contribution in [3.8, 4) is 5.69 Å². The molecule has 2 N–H and O–H groups in total. The van der Waals surface area contributed by atoms with Gasteiger partial charge in [0.1, 0.15) is 0 Å². The number of para-hydroxylation sites is 1. The van der Waals surface area contributed by atoms with Crippen LogP contribution in [0.1, 0.15) is 45.1 Å². The fourth-order valence-corrected chi connectivity index (χ4v) is 3.78. The third-order valence-corrected chi connectivity index (χ3v) is 5.38. The molecule has 0 amide bonds. The van der Waals surface area contributed by atoms with Gasteiger partial charge in [-0.3, -0.25) is 0 Å². The lowest BCUT2D eigenvalue weighted by molar-refractivity contribution is 0.159. The molecule has 7 heteroatoms. The number of nitrogens with zero attached hydrogens (tertiary/aromatic N) is 4. The maximum Gasteiger partial charge on any atom is 0.191 e. The van der Waals surface area contributed by atoms with E-state index in [0.29, 0.717) is 6.54 Å². The van der Waals surface area contributed by atoms with Gasteiger partial charge in [0, 0.05) is 38.1 Å². The van der Waals surface area contributed by atoms with Gasteiger partial charge in [0.25, 0.3) is 0 Å². The minimum absolute atomic E-state index is 0. The quantitative estimate of drug-likeness (QED) is 0.246. The Bertz CT molecular complexity index is 731. The van der Waals surface area contributed by atoms with E-state index in [1.54, 1.807) is 6.20 Å². The number of hydrogen-bond acceptors (Lipinski definition) is 3. The van der Waals surface area contributed by atoms with Crippen molar-refractivity contribution in [3.63, 3.8) is 0 Å². The highest BCUT2D eigenvalue weighted by atomic mass is 127. The third kappa shape index (κ3) is 7.29. The highest BCUT2D eigenvalue weighted by Crippen LogP contribution is 2.16. The van der Waals surface area contributed by atoms with Crippen LogP contribution in [-0.2, 0) is 6.54 Å². The number of rotatable bonds is 8. The number of aromatic nitrogens is 2. The fourth-order valence-electron chi connectivity index (χ4n) is 3.78. The summed E-state index contributed by atoms with van der Waals surface area (Å²) in [5.41, 5.74) is 2.30. The van der Waals surface area contributed by atoms with Gasteiger partial charge in [0.2, 0.25) is 0 Å². The van der Waals surface area contributed by atoms with Crippen molar-refractivity contribution in [2.75, 3.05) is 26.2 Å². The van der Waals surface area contributed by atoms with Crippen LogP contribution in [0.5, 0.6) is 0 Å². The number of imidazole rings is 1. The fraction of sp³-hybridized carbons (Fsp3) is 0.545. The summed E-state index contributed by atoms with van der Waals surface area (Å²) in [5.74, 6) is 0.884. The molecule has 1 aliphatic rings. The molecule has 1 aromatic carbocycles. The molecular weight excluding hydrogens is 475 g/mol. The number of hydrogen-bond donors (Lipinski definition) is 2. The Morgan fingerprint density at radius 2 is 2.10 bits per heavy atom. The Hall–Kier alpha value is -1.61. The average Bonchev–Trinajstić information content (AvgIpc) is 3.25. The second kappa shape index (κ2) is 12.8. The maximum absolute atomic E-state index is 4.80. The van der Waals surface area contributed by atoms with Gasteiger partial charge in [0.05, 0.1) is 18.6 Å². The topological polar surface area (TPSA) is 57.5 Å². The first-order valence-electron chi connectivity index (χ1n) is 10.6. The van der Waals surface area contributed by atoms with E-state index in [1.807, 2.05) is 23.2 Å². The Labute approximate surface area is 192 Å². The minimum atomic E-state index is 0. The summed E-state index contributed by atoms with van der Waals surface area (Å²) in [6.07, 6.45) is 10.8. The van der Waals surface area contributed by atoms with Crippen LogP contribution in [0.3, 0.4) is 0 Å². The molecule has 1 aliphatic heterocycles. The lowest BCUT2D eigenvalue weighted by atomic mass is 10.0. The molecule has 0 spiro atoms. The van der Waals surface area contributed by atoms with Crippen molar-refractivity contribution in [2.45, 2.75) is 52.1 Å². The summed E-state index contributed by atoms with van der Waals surface area (Å²) in [5, 5.41) is 6.85. The van der Waals surface area contributed by atoms with Crippen LogP contribution in [0, 0.1) is 0 Å². The predicted octanol–water partition coefficient (Wildman–Crippen LogP) is 3.81. The molecule has 1 unspecified atom stereocenters. The molecule has 2 aromatic rings. The van der Waals surface area contributed by atoms with Gasteiger partial charge in [-0.2, -0.15) is 0 Å². The van der Waals surface area contributed by atoms with E-state index in [0.717, 1.165) is 43.7 Å². The number of halogens is 1. The molecule has 0 saturated carbocycles. The van der Waals surface area contributed by atoms with Gasteiger partial charge in [-0.25, -0.2) is 9.98 Å². The lowest BCUT2D eigenvalue weighted by Gasteiger charge is -2.33. The van der Waals surface area contributed by atoms with Crippen molar-refractivity contribution in [1.82, 2.24) is 25.1 Å². The van der Waals surface area contributed by atoms with E-state index in [1.165, 1.54) is 31.4 Å². The second-order valence-corrected chi connectivity index (χ2v) is 7.45. The second-order valence-electron chi connectivity index (χ2n) is 7.45. The number of benzene rings is 1. The Morgan fingerprint density at radius 1 is 1.24 bits per heavy atom. The number of nitrogens with one attached hydrogen (secondary N) is 2. The molecule has 3 rings (SSSR count). The van der Waals surface area contributed by atoms with Crippen LogP contribution >= 0.6 is 24.0 Å². The molecule has 160 valence electrons. The van der Waals surface area contributed by atoms with Gasteiger partial charge in [0.15, 0.2) is 5.96 Å². The summed E-state index contributed by atoms with van der Waals surface area (Å²) in [7, 11) is 0. The van der Waals surface area contributed by atoms with Crippen LogP contribution in [0.4, 0.5) is 0 Å². The van der Waals surface area contributed by atoms with E-state index in [9.17, 15) is 0 Å². The van der Waals surface area contributed by atoms with Crippen molar-refractivity contribution in [1.29, 1.82) is 0 Å². The zero-order valence-electron chi connectivity index (χ0n) is 17.7. The van der Waals surface area contributed by atoms with E-state index in [4.69, 9.17) is 4.99 Å². The van der Waals surface area contributed by atoms with Gasteiger partial charge < -0.3 is 20.1 Å². The zero-order valence-corrected chi connectivity index (χ0v) is 20.0. The first-order chi connectivity index (χ1) is 13.8. The van der Waals surface area contributed by atoms with Crippen LogP contribution in [0.15, 0.2) is 48.0 Å². The van der Waals surface area contributed by atoms with E-state index < -0.39 is 0 Å². The maximum atomic E-state index is 4.80. The highest BCUT2D eigenvalue weighted by molar-refractivity contribution is 14.0. The first-order valence-corrected chi connectivity index (χ1v) is 10.6. The standard InChI is InChI=1S/C22H34N6.HI/c1-3-24-22(25-12-8-15-27-14-7-6-9-19(27)2)26-17-20-10-4-5-11-21(20)28-16-13-23-18-28;/h4-5,10-11,13,16,18-19H,3,6-9,12,14-15,17H2,1-2H3,(H2,24,25,26);1H. The Balaban J connectivity index is 0.00000300. The van der Waals surface area contributed by atoms with Crippen molar-refractivity contribution in [2.24, 2.45) is 4.99 Å². The van der Waals surface area contributed by atoms with E-state index >= 15 is 0 Å². The Kier molecular flexibility index (Phi) is 10.5. The van der Waals surface area contributed by atoms with Gasteiger partial charge >= 0.3 is 0 Å². The van der Waals surface area contributed by atoms with Crippen LogP contribution in [0.2, 0.25) is 0 Å².